The number of aromatic nitrogens is 3. The molecule has 0 bridgehead atoms. The standard InChI is InChI=1S/C17H26N4/c1-11-6-14-15(18)7-17(3,4)8-16(14)21(11)10-13-9-20(5)19-12(13)2/h6,9,15H,7-8,10,18H2,1-5H3. The molecular formula is C17H26N4. The van der Waals surface area contributed by atoms with Gasteiger partial charge in [0.15, 0.2) is 0 Å². The number of nitrogens with zero attached hydrogens (tertiary/aromatic N) is 3. The third-order valence-corrected chi connectivity index (χ3v) is 4.71. The number of aryl methyl sites for hydroxylation is 3. The molecule has 0 radical (unpaired) electrons. The van der Waals surface area contributed by atoms with Gasteiger partial charge in [-0.1, -0.05) is 13.8 Å². The Hall–Kier alpha value is -1.55. The van der Waals surface area contributed by atoms with Crippen LogP contribution < -0.4 is 5.73 Å². The zero-order valence-electron chi connectivity index (χ0n) is 13.8. The van der Waals surface area contributed by atoms with E-state index in [0.29, 0.717) is 0 Å². The monoisotopic (exact) mass is 286 g/mol. The molecule has 0 saturated heterocycles. The quantitative estimate of drug-likeness (QED) is 0.923. The Bertz CT molecular complexity index is 675. The normalized spacial score (nSPS) is 20.6. The van der Waals surface area contributed by atoms with Crippen molar-refractivity contribution >= 4 is 0 Å². The van der Waals surface area contributed by atoms with E-state index in [1.807, 2.05) is 11.7 Å². The van der Waals surface area contributed by atoms with Gasteiger partial charge in [-0.25, -0.2) is 0 Å². The SMILES string of the molecule is Cc1nn(C)cc1Cn1c(C)cc2c1CC(C)(C)CC2N. The van der Waals surface area contributed by atoms with Crippen molar-refractivity contribution in [2.45, 2.75) is 53.1 Å². The number of hydrogen-bond acceptors (Lipinski definition) is 2. The van der Waals surface area contributed by atoms with Crippen LogP contribution in [0.25, 0.3) is 0 Å². The van der Waals surface area contributed by atoms with Crippen molar-refractivity contribution in [1.82, 2.24) is 14.3 Å². The summed E-state index contributed by atoms with van der Waals surface area (Å²) in [5.41, 5.74) is 13.1. The molecule has 0 saturated carbocycles. The molecule has 2 N–H and O–H groups in total. The summed E-state index contributed by atoms with van der Waals surface area (Å²) in [7, 11) is 1.98. The van der Waals surface area contributed by atoms with Crippen LogP contribution >= 0.6 is 0 Å². The van der Waals surface area contributed by atoms with Crippen molar-refractivity contribution in [1.29, 1.82) is 0 Å². The van der Waals surface area contributed by atoms with Crippen LogP contribution in [-0.2, 0) is 20.0 Å². The molecule has 1 aliphatic carbocycles. The average molecular weight is 286 g/mol. The summed E-state index contributed by atoms with van der Waals surface area (Å²) in [6, 6.07) is 2.44. The first-order chi connectivity index (χ1) is 9.77. The van der Waals surface area contributed by atoms with Gasteiger partial charge in [0.25, 0.3) is 0 Å². The predicted molar refractivity (Wildman–Crippen MR) is 85.2 cm³/mol. The van der Waals surface area contributed by atoms with Crippen molar-refractivity contribution in [3.05, 3.63) is 40.5 Å². The van der Waals surface area contributed by atoms with E-state index in [4.69, 9.17) is 5.73 Å². The molecule has 2 aromatic heterocycles. The minimum Gasteiger partial charge on any atom is -0.344 e. The minimum absolute atomic E-state index is 0.165. The van der Waals surface area contributed by atoms with Crippen LogP contribution in [0.2, 0.25) is 0 Å². The molecule has 1 aliphatic rings. The van der Waals surface area contributed by atoms with Crippen LogP contribution in [0.5, 0.6) is 0 Å². The fourth-order valence-corrected chi connectivity index (χ4v) is 3.70. The summed E-state index contributed by atoms with van der Waals surface area (Å²) >= 11 is 0. The lowest BCUT2D eigenvalue weighted by atomic mass is 9.74. The van der Waals surface area contributed by atoms with E-state index >= 15 is 0 Å². The van der Waals surface area contributed by atoms with E-state index in [2.05, 4.69) is 49.6 Å². The van der Waals surface area contributed by atoms with Crippen molar-refractivity contribution < 1.29 is 0 Å². The van der Waals surface area contributed by atoms with Gasteiger partial charge in [0.05, 0.1) is 12.2 Å². The largest absolute Gasteiger partial charge is 0.344 e. The van der Waals surface area contributed by atoms with E-state index in [1.165, 1.54) is 22.5 Å². The lowest BCUT2D eigenvalue weighted by molar-refractivity contribution is 0.276. The Kier molecular flexibility index (Phi) is 3.24. The third-order valence-electron chi connectivity index (χ3n) is 4.71. The van der Waals surface area contributed by atoms with Gasteiger partial charge in [0.1, 0.15) is 0 Å². The van der Waals surface area contributed by atoms with Crippen LogP contribution in [-0.4, -0.2) is 14.3 Å². The summed E-state index contributed by atoms with van der Waals surface area (Å²) in [6.07, 6.45) is 4.29. The minimum atomic E-state index is 0.165. The van der Waals surface area contributed by atoms with E-state index < -0.39 is 0 Å². The first kappa shape index (κ1) is 14.4. The summed E-state index contributed by atoms with van der Waals surface area (Å²) in [5.74, 6) is 0. The summed E-state index contributed by atoms with van der Waals surface area (Å²) in [4.78, 5) is 0. The molecule has 114 valence electrons. The van der Waals surface area contributed by atoms with Gasteiger partial charge < -0.3 is 10.3 Å². The Labute approximate surface area is 126 Å². The molecule has 0 spiro atoms. The zero-order chi connectivity index (χ0) is 15.4. The highest BCUT2D eigenvalue weighted by atomic mass is 15.3. The van der Waals surface area contributed by atoms with Gasteiger partial charge >= 0.3 is 0 Å². The fraction of sp³-hybridized carbons (Fsp3) is 0.588. The Morgan fingerprint density at radius 1 is 1.38 bits per heavy atom. The molecule has 1 unspecified atom stereocenters. The highest BCUT2D eigenvalue weighted by Crippen LogP contribution is 2.41. The van der Waals surface area contributed by atoms with E-state index in [0.717, 1.165) is 25.1 Å². The van der Waals surface area contributed by atoms with Gasteiger partial charge in [0, 0.05) is 36.2 Å². The molecule has 21 heavy (non-hydrogen) atoms. The van der Waals surface area contributed by atoms with Crippen LogP contribution in [0.1, 0.15) is 54.5 Å². The highest BCUT2D eigenvalue weighted by molar-refractivity contribution is 5.35. The molecule has 2 aromatic rings. The van der Waals surface area contributed by atoms with Crippen molar-refractivity contribution in [3.63, 3.8) is 0 Å². The van der Waals surface area contributed by atoms with Crippen LogP contribution in [0.3, 0.4) is 0 Å². The number of hydrogen-bond donors (Lipinski definition) is 1. The number of nitrogens with two attached hydrogens (primary N) is 1. The number of rotatable bonds is 2. The van der Waals surface area contributed by atoms with Crippen LogP contribution in [0.15, 0.2) is 12.3 Å². The molecule has 0 amide bonds. The van der Waals surface area contributed by atoms with Gasteiger partial charge in [-0.05, 0) is 43.7 Å². The smallest absolute Gasteiger partial charge is 0.0643 e. The predicted octanol–water partition coefficient (Wildman–Crippen LogP) is 2.86. The molecule has 0 aliphatic heterocycles. The zero-order valence-corrected chi connectivity index (χ0v) is 13.8. The van der Waals surface area contributed by atoms with Gasteiger partial charge in [0.2, 0.25) is 0 Å². The molecule has 0 aromatic carbocycles. The molecule has 4 heteroatoms. The Morgan fingerprint density at radius 3 is 2.71 bits per heavy atom. The van der Waals surface area contributed by atoms with E-state index in [9.17, 15) is 0 Å². The van der Waals surface area contributed by atoms with Crippen molar-refractivity contribution in [2.75, 3.05) is 0 Å². The van der Waals surface area contributed by atoms with Gasteiger partial charge in [-0.3, -0.25) is 4.68 Å². The topological polar surface area (TPSA) is 48.8 Å². The second-order valence-electron chi connectivity index (χ2n) is 7.34. The molecular weight excluding hydrogens is 260 g/mol. The molecule has 1 atom stereocenters. The second-order valence-corrected chi connectivity index (χ2v) is 7.34. The summed E-state index contributed by atoms with van der Waals surface area (Å²) in [5, 5.41) is 4.46. The van der Waals surface area contributed by atoms with Gasteiger partial charge in [-0.15, -0.1) is 0 Å². The maximum absolute atomic E-state index is 6.40. The molecule has 3 rings (SSSR count). The first-order valence-corrected chi connectivity index (χ1v) is 7.70. The Morgan fingerprint density at radius 2 is 2.10 bits per heavy atom. The average Bonchev–Trinajstić information content (AvgIpc) is 2.81. The van der Waals surface area contributed by atoms with E-state index in [-0.39, 0.29) is 11.5 Å². The second kappa shape index (κ2) is 4.73. The maximum atomic E-state index is 6.40. The summed E-state index contributed by atoms with van der Waals surface area (Å²) < 4.78 is 4.33. The molecule has 2 heterocycles. The van der Waals surface area contributed by atoms with Crippen molar-refractivity contribution in [2.24, 2.45) is 18.2 Å². The van der Waals surface area contributed by atoms with Crippen LogP contribution in [0, 0.1) is 19.3 Å². The maximum Gasteiger partial charge on any atom is 0.0643 e. The van der Waals surface area contributed by atoms with Crippen LogP contribution in [0.4, 0.5) is 0 Å². The first-order valence-electron chi connectivity index (χ1n) is 7.70. The lowest BCUT2D eigenvalue weighted by Gasteiger charge is -2.34. The van der Waals surface area contributed by atoms with Crippen molar-refractivity contribution in [3.8, 4) is 0 Å². The molecule has 0 fully saturated rings. The fourth-order valence-electron chi connectivity index (χ4n) is 3.70. The highest BCUT2D eigenvalue weighted by Gasteiger charge is 2.33. The number of fused-ring (bicyclic) bond motifs is 1. The Balaban J connectivity index is 2.02. The van der Waals surface area contributed by atoms with E-state index in [1.54, 1.807) is 0 Å². The van der Waals surface area contributed by atoms with Gasteiger partial charge in [-0.2, -0.15) is 5.10 Å². The molecule has 4 nitrogen and oxygen atoms in total. The lowest BCUT2D eigenvalue weighted by Crippen LogP contribution is -2.30. The summed E-state index contributed by atoms with van der Waals surface area (Å²) in [6.45, 7) is 9.79. The third kappa shape index (κ3) is 2.53.